The largest absolute Gasteiger partial charge is 0.340 e. The van der Waals surface area contributed by atoms with Gasteiger partial charge in [-0.25, -0.2) is 5.26 Å². The van der Waals surface area contributed by atoms with Gasteiger partial charge in [-0.15, -0.1) is 0 Å². The predicted octanol–water partition coefficient (Wildman–Crippen LogP) is 1.30. The van der Waals surface area contributed by atoms with Crippen LogP contribution in [0.5, 0.6) is 5.75 Å². The first-order valence-corrected chi connectivity index (χ1v) is 3.92. The Labute approximate surface area is 71.9 Å². The van der Waals surface area contributed by atoms with Gasteiger partial charge in [0, 0.05) is 0 Å². The van der Waals surface area contributed by atoms with E-state index in [1.807, 2.05) is 25.2 Å². The molecule has 66 valence electrons. The van der Waals surface area contributed by atoms with E-state index in [4.69, 9.17) is 5.26 Å². The molecule has 0 unspecified atom stereocenters. The number of benzene rings is 1. The molecule has 0 heterocycles. The van der Waals surface area contributed by atoms with Crippen molar-refractivity contribution in [1.29, 1.82) is 0 Å². The molecular formula is C9H13NO2. The predicted molar refractivity (Wildman–Crippen MR) is 47.3 cm³/mol. The summed E-state index contributed by atoms with van der Waals surface area (Å²) in [5.74, 6) is 0.489. The van der Waals surface area contributed by atoms with Crippen LogP contribution < -0.4 is 10.2 Å². The number of rotatable bonds is 4. The molecule has 3 heteroatoms. The minimum Gasteiger partial charge on any atom is -0.340 e. The fourth-order valence-corrected chi connectivity index (χ4v) is 1.03. The number of nitrogens with one attached hydrogen (secondary N) is 1. The van der Waals surface area contributed by atoms with E-state index in [1.165, 1.54) is 0 Å². The standard InChI is InChI=1S/C9H13NO2/c1-10-6-5-8-3-2-4-9(7-8)12-11/h2-4,7,10-11H,5-6H2,1H3. The molecular weight excluding hydrogens is 154 g/mol. The van der Waals surface area contributed by atoms with E-state index >= 15 is 0 Å². The highest BCUT2D eigenvalue weighted by molar-refractivity contribution is 5.28. The highest BCUT2D eigenvalue weighted by atomic mass is 17.1. The Bertz CT molecular complexity index is 238. The molecule has 0 radical (unpaired) electrons. The summed E-state index contributed by atoms with van der Waals surface area (Å²) in [6.45, 7) is 0.925. The lowest BCUT2D eigenvalue weighted by molar-refractivity contribution is -0.137. The Hall–Kier alpha value is -1.06. The quantitative estimate of drug-likeness (QED) is 0.524. The van der Waals surface area contributed by atoms with Crippen LogP contribution in [0.15, 0.2) is 24.3 Å². The monoisotopic (exact) mass is 167 g/mol. The zero-order valence-corrected chi connectivity index (χ0v) is 7.08. The summed E-state index contributed by atoms with van der Waals surface area (Å²) in [5.41, 5.74) is 1.15. The van der Waals surface area contributed by atoms with Crippen LogP contribution in [0.4, 0.5) is 0 Å². The maximum atomic E-state index is 8.37. The zero-order valence-electron chi connectivity index (χ0n) is 7.08. The van der Waals surface area contributed by atoms with Gasteiger partial charge >= 0.3 is 0 Å². The van der Waals surface area contributed by atoms with Gasteiger partial charge in [0.1, 0.15) is 0 Å². The Kier molecular flexibility index (Phi) is 3.57. The minimum absolute atomic E-state index is 0.489. The molecule has 0 amide bonds. The average molecular weight is 167 g/mol. The molecule has 0 atom stereocenters. The van der Waals surface area contributed by atoms with E-state index < -0.39 is 0 Å². The molecule has 0 bridgehead atoms. The van der Waals surface area contributed by atoms with Gasteiger partial charge in [-0.3, -0.25) is 0 Å². The average Bonchev–Trinajstić information content (AvgIpc) is 2.15. The lowest BCUT2D eigenvalue weighted by atomic mass is 10.1. The fourth-order valence-electron chi connectivity index (χ4n) is 1.03. The van der Waals surface area contributed by atoms with Crippen LogP contribution >= 0.6 is 0 Å². The minimum atomic E-state index is 0.489. The molecule has 1 aromatic rings. The van der Waals surface area contributed by atoms with Gasteiger partial charge in [0.05, 0.1) is 0 Å². The van der Waals surface area contributed by atoms with E-state index in [0.29, 0.717) is 5.75 Å². The van der Waals surface area contributed by atoms with E-state index in [-0.39, 0.29) is 0 Å². The van der Waals surface area contributed by atoms with Crippen LogP contribution in [0.1, 0.15) is 5.56 Å². The summed E-state index contributed by atoms with van der Waals surface area (Å²) in [5, 5.41) is 11.4. The third kappa shape index (κ3) is 2.53. The molecule has 3 nitrogen and oxygen atoms in total. The molecule has 2 N–H and O–H groups in total. The Morgan fingerprint density at radius 3 is 3.00 bits per heavy atom. The van der Waals surface area contributed by atoms with E-state index in [1.54, 1.807) is 6.07 Å². The fraction of sp³-hybridized carbons (Fsp3) is 0.333. The van der Waals surface area contributed by atoms with Crippen molar-refractivity contribution in [3.63, 3.8) is 0 Å². The van der Waals surface area contributed by atoms with Gasteiger partial charge in [-0.05, 0) is 37.7 Å². The molecule has 0 spiro atoms. The summed E-state index contributed by atoms with van der Waals surface area (Å²) in [6.07, 6.45) is 0.938. The van der Waals surface area contributed by atoms with Crippen molar-refractivity contribution in [3.05, 3.63) is 29.8 Å². The highest BCUT2D eigenvalue weighted by Gasteiger charge is 1.95. The molecule has 12 heavy (non-hydrogen) atoms. The van der Waals surface area contributed by atoms with Crippen LogP contribution in [0.2, 0.25) is 0 Å². The van der Waals surface area contributed by atoms with Gasteiger partial charge in [0.2, 0.25) is 0 Å². The van der Waals surface area contributed by atoms with Crippen molar-refractivity contribution >= 4 is 0 Å². The Morgan fingerprint density at radius 1 is 1.50 bits per heavy atom. The molecule has 0 aliphatic heterocycles. The first-order chi connectivity index (χ1) is 5.86. The summed E-state index contributed by atoms with van der Waals surface area (Å²) < 4.78 is 0. The van der Waals surface area contributed by atoms with Gasteiger partial charge in [-0.2, -0.15) is 0 Å². The van der Waals surface area contributed by atoms with Crippen LogP contribution in [0.25, 0.3) is 0 Å². The van der Waals surface area contributed by atoms with Crippen molar-refractivity contribution in [2.75, 3.05) is 13.6 Å². The molecule has 0 aromatic heterocycles. The van der Waals surface area contributed by atoms with E-state index in [0.717, 1.165) is 18.5 Å². The Balaban J connectivity index is 2.60. The third-order valence-corrected chi connectivity index (χ3v) is 1.67. The van der Waals surface area contributed by atoms with Crippen LogP contribution in [-0.2, 0) is 6.42 Å². The third-order valence-electron chi connectivity index (χ3n) is 1.67. The number of hydrogen-bond acceptors (Lipinski definition) is 3. The second-order valence-corrected chi connectivity index (χ2v) is 2.59. The number of hydrogen-bond donors (Lipinski definition) is 2. The molecule has 0 fully saturated rings. The summed E-state index contributed by atoms with van der Waals surface area (Å²) in [7, 11) is 1.91. The maximum absolute atomic E-state index is 8.37. The molecule has 0 aliphatic rings. The summed E-state index contributed by atoms with van der Waals surface area (Å²) >= 11 is 0. The first-order valence-electron chi connectivity index (χ1n) is 3.92. The van der Waals surface area contributed by atoms with Crippen molar-refractivity contribution in [3.8, 4) is 5.75 Å². The lowest BCUT2D eigenvalue weighted by Crippen LogP contribution is -2.10. The zero-order chi connectivity index (χ0) is 8.81. The SMILES string of the molecule is CNCCc1cccc(OO)c1. The van der Waals surface area contributed by atoms with Gasteiger partial charge in [0.15, 0.2) is 5.75 Å². The molecule has 0 saturated carbocycles. The van der Waals surface area contributed by atoms with Crippen molar-refractivity contribution in [2.24, 2.45) is 0 Å². The van der Waals surface area contributed by atoms with Gasteiger partial charge in [-0.1, -0.05) is 12.1 Å². The summed E-state index contributed by atoms with van der Waals surface area (Å²) in [6, 6.07) is 7.39. The second-order valence-electron chi connectivity index (χ2n) is 2.59. The first kappa shape index (κ1) is 9.03. The normalized spacial score (nSPS) is 9.83. The van der Waals surface area contributed by atoms with Gasteiger partial charge in [0.25, 0.3) is 0 Å². The number of likely N-dealkylation sites (N-methyl/N-ethyl adjacent to an activating group) is 1. The lowest BCUT2D eigenvalue weighted by Gasteiger charge is -2.01. The van der Waals surface area contributed by atoms with Crippen molar-refractivity contribution < 1.29 is 10.1 Å². The van der Waals surface area contributed by atoms with Gasteiger partial charge < -0.3 is 10.2 Å². The Morgan fingerprint density at radius 2 is 2.33 bits per heavy atom. The highest BCUT2D eigenvalue weighted by Crippen LogP contribution is 2.12. The molecule has 0 saturated heterocycles. The summed E-state index contributed by atoms with van der Waals surface area (Å²) in [4.78, 5) is 4.11. The van der Waals surface area contributed by atoms with Crippen LogP contribution in [0.3, 0.4) is 0 Å². The van der Waals surface area contributed by atoms with Crippen LogP contribution in [0, 0.1) is 0 Å². The van der Waals surface area contributed by atoms with Crippen LogP contribution in [-0.4, -0.2) is 18.8 Å². The van der Waals surface area contributed by atoms with Crippen molar-refractivity contribution in [2.45, 2.75) is 6.42 Å². The topological polar surface area (TPSA) is 41.5 Å². The van der Waals surface area contributed by atoms with Crippen molar-refractivity contribution in [1.82, 2.24) is 5.32 Å². The molecule has 1 aromatic carbocycles. The molecule has 1 rings (SSSR count). The van der Waals surface area contributed by atoms with E-state index in [9.17, 15) is 0 Å². The second kappa shape index (κ2) is 4.74. The van der Waals surface area contributed by atoms with E-state index in [2.05, 4.69) is 10.2 Å². The maximum Gasteiger partial charge on any atom is 0.165 e. The smallest absolute Gasteiger partial charge is 0.165 e. The molecule has 0 aliphatic carbocycles.